The van der Waals surface area contributed by atoms with Crippen molar-refractivity contribution in [3.63, 3.8) is 0 Å². The molecule has 1 fully saturated rings. The van der Waals surface area contributed by atoms with E-state index in [2.05, 4.69) is 23.4 Å². The topological polar surface area (TPSA) is 128 Å². The number of nitrogens with zero attached hydrogens (tertiary/aromatic N) is 6. The maximum atomic E-state index is 9.74. The minimum Gasteiger partial charge on any atom is -0.491 e. The standard InChI is InChI=1S/C26H28N8O2/c1-16-4-3-9-33-14-18(30-25(16)33)12-28-24-22-13-29-34(19-7-8-19)26(22)32-23(31-24)17-5-2-6-21(10-17)36-15-20(35)11-27/h2-6,9-10,13-14,19-20,35H,7-8,11-12,15,27H2,1H3,(H,28,31,32). The number of aliphatic hydroxyl groups excluding tert-OH is 1. The van der Waals surface area contributed by atoms with Gasteiger partial charge in [0.15, 0.2) is 11.5 Å². The van der Waals surface area contributed by atoms with Gasteiger partial charge in [-0.15, -0.1) is 0 Å². The highest BCUT2D eigenvalue weighted by molar-refractivity contribution is 5.88. The number of hydrogen-bond acceptors (Lipinski definition) is 8. The average molecular weight is 485 g/mol. The van der Waals surface area contributed by atoms with Crippen molar-refractivity contribution in [2.75, 3.05) is 18.5 Å². The molecule has 10 heteroatoms. The molecule has 5 aromatic rings. The molecule has 1 aromatic carbocycles. The molecular weight excluding hydrogens is 456 g/mol. The lowest BCUT2D eigenvalue weighted by Gasteiger charge is -2.12. The van der Waals surface area contributed by atoms with E-state index in [1.165, 1.54) is 0 Å². The summed E-state index contributed by atoms with van der Waals surface area (Å²) in [6.45, 7) is 2.84. The Labute approximate surface area is 207 Å². The molecule has 36 heavy (non-hydrogen) atoms. The second-order valence-corrected chi connectivity index (χ2v) is 9.19. The largest absolute Gasteiger partial charge is 0.491 e. The number of fused-ring (bicyclic) bond motifs is 2. The van der Waals surface area contributed by atoms with Gasteiger partial charge in [-0.05, 0) is 43.5 Å². The number of anilines is 1. The number of benzene rings is 1. The van der Waals surface area contributed by atoms with Gasteiger partial charge in [0, 0.05) is 24.5 Å². The van der Waals surface area contributed by atoms with Crippen LogP contribution in [0.4, 0.5) is 5.82 Å². The number of rotatable bonds is 9. The highest BCUT2D eigenvalue weighted by Gasteiger charge is 2.28. The summed E-state index contributed by atoms with van der Waals surface area (Å²) in [7, 11) is 0. The van der Waals surface area contributed by atoms with Gasteiger partial charge in [0.2, 0.25) is 0 Å². The molecule has 0 saturated heterocycles. The Morgan fingerprint density at radius 2 is 2.06 bits per heavy atom. The fourth-order valence-electron chi connectivity index (χ4n) is 4.23. The van der Waals surface area contributed by atoms with Crippen LogP contribution in [0.2, 0.25) is 0 Å². The summed E-state index contributed by atoms with van der Waals surface area (Å²) in [5.74, 6) is 1.90. The van der Waals surface area contributed by atoms with E-state index in [-0.39, 0.29) is 13.2 Å². The number of nitrogens with one attached hydrogen (secondary N) is 1. The van der Waals surface area contributed by atoms with E-state index in [0.717, 1.165) is 46.3 Å². The van der Waals surface area contributed by atoms with Crippen LogP contribution in [0.3, 0.4) is 0 Å². The second kappa shape index (κ2) is 9.21. The number of aliphatic hydroxyl groups is 1. The highest BCUT2D eigenvalue weighted by Crippen LogP contribution is 2.37. The van der Waals surface area contributed by atoms with Crippen molar-refractivity contribution >= 4 is 22.5 Å². The predicted molar refractivity (Wildman–Crippen MR) is 137 cm³/mol. The Kier molecular flexibility index (Phi) is 5.74. The van der Waals surface area contributed by atoms with Crippen LogP contribution in [-0.2, 0) is 6.54 Å². The van der Waals surface area contributed by atoms with E-state index in [0.29, 0.717) is 30.0 Å². The number of imidazole rings is 1. The lowest BCUT2D eigenvalue weighted by atomic mass is 10.2. The summed E-state index contributed by atoms with van der Waals surface area (Å²) in [4.78, 5) is 14.5. The quantitative estimate of drug-likeness (QED) is 0.291. The third-order valence-electron chi connectivity index (χ3n) is 6.32. The van der Waals surface area contributed by atoms with Crippen LogP contribution in [0.5, 0.6) is 5.75 Å². The lowest BCUT2D eigenvalue weighted by molar-refractivity contribution is 0.114. The lowest BCUT2D eigenvalue weighted by Crippen LogP contribution is -2.26. The van der Waals surface area contributed by atoms with Crippen LogP contribution in [0.25, 0.3) is 28.1 Å². The number of aryl methyl sites for hydroxylation is 1. The number of nitrogens with two attached hydrogens (primary N) is 1. The maximum Gasteiger partial charge on any atom is 0.164 e. The number of pyridine rings is 1. The van der Waals surface area contributed by atoms with Gasteiger partial charge in [-0.3, -0.25) is 0 Å². The number of ether oxygens (including phenoxy) is 1. The van der Waals surface area contributed by atoms with Gasteiger partial charge in [-0.1, -0.05) is 18.2 Å². The normalized spacial score (nSPS) is 14.4. The first-order valence-electron chi connectivity index (χ1n) is 12.1. The average Bonchev–Trinajstić information content (AvgIpc) is 3.50. The minimum atomic E-state index is -0.714. The smallest absolute Gasteiger partial charge is 0.164 e. The van der Waals surface area contributed by atoms with Gasteiger partial charge in [0.1, 0.15) is 29.9 Å². The molecule has 6 rings (SSSR count). The van der Waals surface area contributed by atoms with Crippen LogP contribution in [-0.4, -0.2) is 53.5 Å². The Morgan fingerprint density at radius 3 is 2.86 bits per heavy atom. The van der Waals surface area contributed by atoms with Crippen molar-refractivity contribution < 1.29 is 9.84 Å². The zero-order chi connectivity index (χ0) is 24.6. The molecule has 0 amide bonds. The van der Waals surface area contributed by atoms with Crippen molar-refractivity contribution in [2.24, 2.45) is 5.73 Å². The Morgan fingerprint density at radius 1 is 1.17 bits per heavy atom. The first kappa shape index (κ1) is 22.4. The molecule has 0 bridgehead atoms. The molecule has 1 aliphatic carbocycles. The van der Waals surface area contributed by atoms with Gasteiger partial charge in [0.25, 0.3) is 0 Å². The fraction of sp³-hybridized carbons (Fsp3) is 0.308. The molecule has 1 saturated carbocycles. The zero-order valence-electron chi connectivity index (χ0n) is 20.0. The van der Waals surface area contributed by atoms with Crippen molar-refractivity contribution in [3.05, 3.63) is 66.2 Å². The van der Waals surface area contributed by atoms with Gasteiger partial charge in [-0.2, -0.15) is 5.10 Å². The molecule has 0 radical (unpaired) electrons. The molecule has 184 valence electrons. The summed E-state index contributed by atoms with van der Waals surface area (Å²) < 4.78 is 9.74. The van der Waals surface area contributed by atoms with Crippen molar-refractivity contribution in [2.45, 2.75) is 38.5 Å². The molecule has 1 unspecified atom stereocenters. The first-order chi connectivity index (χ1) is 17.6. The molecule has 4 N–H and O–H groups in total. The van der Waals surface area contributed by atoms with Crippen LogP contribution in [0, 0.1) is 6.92 Å². The van der Waals surface area contributed by atoms with Crippen LogP contribution >= 0.6 is 0 Å². The molecule has 0 spiro atoms. The van der Waals surface area contributed by atoms with Gasteiger partial charge < -0.3 is 25.3 Å². The van der Waals surface area contributed by atoms with Gasteiger partial charge >= 0.3 is 0 Å². The van der Waals surface area contributed by atoms with Crippen molar-refractivity contribution in [3.8, 4) is 17.1 Å². The molecule has 1 atom stereocenters. The minimum absolute atomic E-state index is 0.125. The van der Waals surface area contributed by atoms with Crippen molar-refractivity contribution in [1.82, 2.24) is 29.1 Å². The second-order valence-electron chi connectivity index (χ2n) is 9.19. The number of hydrogen-bond donors (Lipinski definition) is 3. The molecular formula is C26H28N8O2. The third-order valence-corrected chi connectivity index (χ3v) is 6.32. The Hall–Kier alpha value is -4.02. The van der Waals surface area contributed by atoms with Gasteiger partial charge in [-0.25, -0.2) is 19.6 Å². The molecule has 1 aliphatic rings. The maximum absolute atomic E-state index is 9.74. The molecule has 4 aromatic heterocycles. The molecule has 4 heterocycles. The summed E-state index contributed by atoms with van der Waals surface area (Å²) in [6, 6.07) is 12.0. The SMILES string of the molecule is Cc1cccn2cc(CNc3nc(-c4cccc(OCC(O)CN)c4)nc4c3cnn4C3CC3)nc12. The zero-order valence-corrected chi connectivity index (χ0v) is 20.0. The Bertz CT molecular complexity index is 1540. The predicted octanol–water partition coefficient (Wildman–Crippen LogP) is 3.09. The first-order valence-corrected chi connectivity index (χ1v) is 12.1. The Balaban J connectivity index is 1.34. The summed E-state index contributed by atoms with van der Waals surface area (Å²) in [5, 5.41) is 18.7. The van der Waals surface area contributed by atoms with Crippen LogP contribution in [0.1, 0.15) is 30.1 Å². The van der Waals surface area contributed by atoms with E-state index in [9.17, 15) is 5.11 Å². The van der Waals surface area contributed by atoms with Crippen molar-refractivity contribution in [1.29, 1.82) is 0 Å². The summed E-state index contributed by atoms with van der Waals surface area (Å²) in [6.07, 6.45) is 7.35. The van der Waals surface area contributed by atoms with E-state index < -0.39 is 6.10 Å². The summed E-state index contributed by atoms with van der Waals surface area (Å²) in [5.41, 5.74) is 10.1. The van der Waals surface area contributed by atoms with E-state index in [4.69, 9.17) is 25.4 Å². The van der Waals surface area contributed by atoms with Crippen LogP contribution in [0.15, 0.2) is 55.0 Å². The van der Waals surface area contributed by atoms with E-state index in [1.807, 2.05) is 58.0 Å². The van der Waals surface area contributed by atoms with E-state index in [1.54, 1.807) is 0 Å². The van der Waals surface area contributed by atoms with E-state index >= 15 is 0 Å². The number of aromatic nitrogens is 6. The summed E-state index contributed by atoms with van der Waals surface area (Å²) >= 11 is 0. The molecule has 10 nitrogen and oxygen atoms in total. The van der Waals surface area contributed by atoms with Crippen LogP contribution < -0.4 is 15.8 Å². The monoisotopic (exact) mass is 484 g/mol. The fourth-order valence-corrected chi connectivity index (χ4v) is 4.23. The molecule has 0 aliphatic heterocycles. The van der Waals surface area contributed by atoms with Gasteiger partial charge in [0.05, 0.1) is 29.9 Å². The third kappa shape index (κ3) is 4.36. The highest BCUT2D eigenvalue weighted by atomic mass is 16.5.